The van der Waals surface area contributed by atoms with Crippen LogP contribution in [-0.2, 0) is 10.2 Å². The number of carbonyl (C=O) groups excluding carboxylic acids is 2. The van der Waals surface area contributed by atoms with Crippen LogP contribution in [0.15, 0.2) is 54.6 Å². The van der Waals surface area contributed by atoms with Crippen molar-refractivity contribution in [2.75, 3.05) is 19.6 Å². The molecule has 5 heteroatoms. The van der Waals surface area contributed by atoms with Crippen molar-refractivity contribution in [2.45, 2.75) is 37.5 Å². The topological polar surface area (TPSA) is 49.4 Å². The first-order valence-electron chi connectivity index (χ1n) is 10.5. The normalized spacial score (nSPS) is 20.6. The number of nitrogens with one attached hydrogen (secondary N) is 1. The summed E-state index contributed by atoms with van der Waals surface area (Å²) in [4.78, 5) is 27.3. The van der Waals surface area contributed by atoms with Crippen LogP contribution < -0.4 is 5.32 Å². The average molecular weight is 394 g/mol. The Morgan fingerprint density at radius 2 is 1.76 bits per heavy atom. The maximum absolute atomic E-state index is 13.1. The van der Waals surface area contributed by atoms with E-state index in [4.69, 9.17) is 0 Å². The smallest absolute Gasteiger partial charge is 0.253 e. The summed E-state index contributed by atoms with van der Waals surface area (Å²) in [5.41, 5.74) is 1.81. The third-order valence-corrected chi connectivity index (χ3v) is 6.47. The number of piperidine rings is 1. The lowest BCUT2D eigenvalue weighted by atomic mass is 9.64. The van der Waals surface area contributed by atoms with Crippen LogP contribution in [-0.4, -0.2) is 36.3 Å². The molecule has 2 aromatic rings. The van der Waals surface area contributed by atoms with Crippen molar-refractivity contribution in [3.05, 3.63) is 71.5 Å². The van der Waals surface area contributed by atoms with Crippen LogP contribution in [0.5, 0.6) is 0 Å². The summed E-state index contributed by atoms with van der Waals surface area (Å²) in [5.74, 6) is -0.659. The fourth-order valence-electron chi connectivity index (χ4n) is 4.51. The Labute approximate surface area is 171 Å². The van der Waals surface area contributed by atoms with E-state index >= 15 is 0 Å². The van der Waals surface area contributed by atoms with Crippen molar-refractivity contribution in [3.63, 3.8) is 0 Å². The van der Waals surface area contributed by atoms with Gasteiger partial charge in [0, 0.05) is 30.6 Å². The summed E-state index contributed by atoms with van der Waals surface area (Å²) in [6.07, 6.45) is 4.97. The van der Waals surface area contributed by atoms with E-state index in [1.165, 1.54) is 36.2 Å². The molecule has 1 atom stereocenters. The van der Waals surface area contributed by atoms with Gasteiger partial charge in [-0.05, 0) is 55.5 Å². The zero-order chi connectivity index (χ0) is 20.3. The largest absolute Gasteiger partial charge is 0.355 e. The van der Waals surface area contributed by atoms with Crippen molar-refractivity contribution in [1.29, 1.82) is 0 Å². The quantitative estimate of drug-likeness (QED) is 0.836. The number of nitrogens with zero attached hydrogens (tertiary/aromatic N) is 1. The van der Waals surface area contributed by atoms with E-state index < -0.39 is 0 Å². The summed E-state index contributed by atoms with van der Waals surface area (Å²) >= 11 is 0. The minimum atomic E-state index is -0.360. The second kappa shape index (κ2) is 8.36. The van der Waals surface area contributed by atoms with Crippen LogP contribution in [0.1, 0.15) is 48.0 Å². The van der Waals surface area contributed by atoms with Gasteiger partial charge in [0.2, 0.25) is 5.91 Å². The zero-order valence-corrected chi connectivity index (χ0v) is 16.6. The highest BCUT2D eigenvalue weighted by Crippen LogP contribution is 2.43. The van der Waals surface area contributed by atoms with E-state index in [0.717, 1.165) is 25.7 Å². The molecule has 152 valence electrons. The maximum atomic E-state index is 13.1. The zero-order valence-electron chi connectivity index (χ0n) is 16.6. The summed E-state index contributed by atoms with van der Waals surface area (Å²) in [6, 6.07) is 16.0. The molecule has 4 rings (SSSR count). The Hall–Kier alpha value is -2.69. The Bertz CT molecular complexity index is 862. The van der Waals surface area contributed by atoms with Crippen LogP contribution in [0, 0.1) is 11.7 Å². The summed E-state index contributed by atoms with van der Waals surface area (Å²) in [6.45, 7) is 1.70. The van der Waals surface area contributed by atoms with Crippen LogP contribution in [0.2, 0.25) is 0 Å². The monoisotopic (exact) mass is 394 g/mol. The predicted molar refractivity (Wildman–Crippen MR) is 110 cm³/mol. The second-order valence-corrected chi connectivity index (χ2v) is 8.31. The number of likely N-dealkylation sites (tertiary alicyclic amines) is 1. The SMILES string of the molecule is O=C(NCC1(c2ccccc2)CCC1)C1CCCN(C(=O)c2ccc(F)cc2)C1. The number of rotatable bonds is 5. The lowest BCUT2D eigenvalue weighted by Gasteiger charge is -2.43. The number of halogens is 1. The molecule has 4 nitrogen and oxygen atoms in total. The molecule has 2 aromatic carbocycles. The minimum absolute atomic E-state index is 0.0313. The third kappa shape index (κ3) is 4.19. The number of amides is 2. The number of hydrogen-bond acceptors (Lipinski definition) is 2. The van der Waals surface area contributed by atoms with Crippen molar-refractivity contribution >= 4 is 11.8 Å². The third-order valence-electron chi connectivity index (χ3n) is 6.47. The van der Waals surface area contributed by atoms with Crippen molar-refractivity contribution in [3.8, 4) is 0 Å². The molecule has 2 aliphatic rings. The minimum Gasteiger partial charge on any atom is -0.355 e. The molecule has 0 aromatic heterocycles. The molecule has 0 bridgehead atoms. The summed E-state index contributed by atoms with van der Waals surface area (Å²) in [7, 11) is 0. The first-order valence-corrected chi connectivity index (χ1v) is 10.5. The van der Waals surface area contributed by atoms with Gasteiger partial charge in [-0.2, -0.15) is 0 Å². The highest BCUT2D eigenvalue weighted by atomic mass is 19.1. The number of benzene rings is 2. The van der Waals surface area contributed by atoms with Gasteiger partial charge in [0.25, 0.3) is 5.91 Å². The van der Waals surface area contributed by atoms with E-state index in [0.29, 0.717) is 25.2 Å². The lowest BCUT2D eigenvalue weighted by Crippen LogP contribution is -2.50. The molecular formula is C24H27FN2O2. The molecule has 1 aliphatic heterocycles. The Morgan fingerprint density at radius 3 is 2.41 bits per heavy atom. The Balaban J connectivity index is 1.36. The van der Waals surface area contributed by atoms with E-state index in [-0.39, 0.29) is 29.0 Å². The Morgan fingerprint density at radius 1 is 1.03 bits per heavy atom. The molecule has 2 fully saturated rings. The van der Waals surface area contributed by atoms with E-state index in [2.05, 4.69) is 29.6 Å². The lowest BCUT2D eigenvalue weighted by molar-refractivity contribution is -0.126. The molecule has 1 unspecified atom stereocenters. The van der Waals surface area contributed by atoms with Crippen LogP contribution in [0.4, 0.5) is 4.39 Å². The molecule has 1 saturated heterocycles. The summed E-state index contributed by atoms with van der Waals surface area (Å²) in [5, 5.41) is 3.17. The maximum Gasteiger partial charge on any atom is 0.253 e. The molecule has 1 N–H and O–H groups in total. The van der Waals surface area contributed by atoms with Gasteiger partial charge in [-0.15, -0.1) is 0 Å². The van der Waals surface area contributed by atoms with Gasteiger partial charge in [-0.25, -0.2) is 4.39 Å². The predicted octanol–water partition coefficient (Wildman–Crippen LogP) is 3.92. The van der Waals surface area contributed by atoms with Gasteiger partial charge in [0.1, 0.15) is 5.82 Å². The molecule has 1 saturated carbocycles. The fourth-order valence-corrected chi connectivity index (χ4v) is 4.51. The van der Waals surface area contributed by atoms with Crippen molar-refractivity contribution in [2.24, 2.45) is 5.92 Å². The molecule has 0 spiro atoms. The van der Waals surface area contributed by atoms with Crippen molar-refractivity contribution in [1.82, 2.24) is 10.2 Å². The van der Waals surface area contributed by atoms with Gasteiger partial charge in [-0.1, -0.05) is 36.8 Å². The van der Waals surface area contributed by atoms with Gasteiger partial charge in [-0.3, -0.25) is 9.59 Å². The van der Waals surface area contributed by atoms with Gasteiger partial charge in [0.15, 0.2) is 0 Å². The number of carbonyl (C=O) groups is 2. The standard InChI is InChI=1S/C24H27FN2O2/c25-21-11-9-18(10-12-21)23(29)27-15-4-6-19(16-27)22(28)26-17-24(13-5-14-24)20-7-2-1-3-8-20/h1-3,7-12,19H,4-6,13-17H2,(H,26,28). The van der Waals surface area contributed by atoms with Gasteiger partial charge in [0.05, 0.1) is 5.92 Å². The Kier molecular flexibility index (Phi) is 5.65. The average Bonchev–Trinajstić information content (AvgIpc) is 2.74. The molecule has 1 aliphatic carbocycles. The van der Waals surface area contributed by atoms with Gasteiger partial charge >= 0.3 is 0 Å². The number of hydrogen-bond donors (Lipinski definition) is 1. The fraction of sp³-hybridized carbons (Fsp3) is 0.417. The molecular weight excluding hydrogens is 367 g/mol. The molecule has 29 heavy (non-hydrogen) atoms. The molecule has 1 heterocycles. The highest BCUT2D eigenvalue weighted by Gasteiger charge is 2.39. The van der Waals surface area contributed by atoms with E-state index in [1.54, 1.807) is 4.90 Å². The molecule has 2 amide bonds. The van der Waals surface area contributed by atoms with E-state index in [1.807, 2.05) is 6.07 Å². The summed E-state index contributed by atoms with van der Waals surface area (Å²) < 4.78 is 13.1. The highest BCUT2D eigenvalue weighted by molar-refractivity contribution is 5.94. The van der Waals surface area contributed by atoms with Gasteiger partial charge < -0.3 is 10.2 Å². The van der Waals surface area contributed by atoms with Crippen LogP contribution >= 0.6 is 0 Å². The van der Waals surface area contributed by atoms with E-state index in [9.17, 15) is 14.0 Å². The van der Waals surface area contributed by atoms with Crippen LogP contribution in [0.25, 0.3) is 0 Å². The van der Waals surface area contributed by atoms with Crippen LogP contribution in [0.3, 0.4) is 0 Å². The second-order valence-electron chi connectivity index (χ2n) is 8.31. The first-order chi connectivity index (χ1) is 14.1. The molecule has 0 radical (unpaired) electrons. The van der Waals surface area contributed by atoms with Crippen molar-refractivity contribution < 1.29 is 14.0 Å². The first kappa shape index (κ1) is 19.6.